The highest BCUT2D eigenvalue weighted by atomic mass is 16.5. The highest BCUT2D eigenvalue weighted by Gasteiger charge is 2.52. The van der Waals surface area contributed by atoms with Crippen LogP contribution in [0.5, 0.6) is 0 Å². The zero-order chi connectivity index (χ0) is 11.4. The lowest BCUT2D eigenvalue weighted by molar-refractivity contribution is 0.0632. The fourth-order valence-corrected chi connectivity index (χ4v) is 3.27. The van der Waals surface area contributed by atoms with Crippen molar-refractivity contribution in [3.8, 4) is 0 Å². The lowest BCUT2D eigenvalue weighted by atomic mass is 9.79. The molecule has 0 aromatic rings. The first-order valence-electron chi connectivity index (χ1n) is 6.56. The van der Waals surface area contributed by atoms with E-state index in [1.54, 1.807) is 7.11 Å². The van der Waals surface area contributed by atoms with Crippen molar-refractivity contribution in [3.05, 3.63) is 0 Å². The summed E-state index contributed by atoms with van der Waals surface area (Å²) in [5.41, 5.74) is 6.42. The predicted molar refractivity (Wildman–Crippen MR) is 64.2 cm³/mol. The average molecular weight is 227 g/mol. The Hall–Kier alpha value is -0.120. The maximum atomic E-state index is 5.95. The van der Waals surface area contributed by atoms with Gasteiger partial charge in [0.1, 0.15) is 0 Å². The molecular formula is C13H25NO2. The molecule has 2 fully saturated rings. The monoisotopic (exact) mass is 227 g/mol. The Morgan fingerprint density at radius 1 is 1.19 bits per heavy atom. The first-order chi connectivity index (χ1) is 7.79. The number of ether oxygens (including phenoxy) is 2. The van der Waals surface area contributed by atoms with E-state index in [9.17, 15) is 0 Å². The first-order valence-corrected chi connectivity index (χ1v) is 6.56. The summed E-state index contributed by atoms with van der Waals surface area (Å²) in [5, 5.41) is 0. The van der Waals surface area contributed by atoms with Gasteiger partial charge in [0, 0.05) is 13.7 Å². The van der Waals surface area contributed by atoms with Gasteiger partial charge in [-0.3, -0.25) is 0 Å². The van der Waals surface area contributed by atoms with Gasteiger partial charge in [-0.15, -0.1) is 0 Å². The number of fused-ring (bicyclic) bond motifs is 1. The second-order valence-electron chi connectivity index (χ2n) is 5.58. The third kappa shape index (κ3) is 2.96. The Bertz CT molecular complexity index is 210. The molecule has 2 unspecified atom stereocenters. The molecule has 0 spiro atoms. The van der Waals surface area contributed by atoms with Crippen LogP contribution < -0.4 is 5.73 Å². The molecule has 16 heavy (non-hydrogen) atoms. The second-order valence-corrected chi connectivity index (χ2v) is 5.58. The van der Waals surface area contributed by atoms with Gasteiger partial charge >= 0.3 is 0 Å². The quantitative estimate of drug-likeness (QED) is 0.643. The van der Waals surface area contributed by atoms with Crippen LogP contribution >= 0.6 is 0 Å². The van der Waals surface area contributed by atoms with Gasteiger partial charge < -0.3 is 15.2 Å². The summed E-state index contributed by atoms with van der Waals surface area (Å²) in [4.78, 5) is 0. The minimum atomic E-state index is 0.470. The maximum absolute atomic E-state index is 5.95. The maximum Gasteiger partial charge on any atom is 0.0700 e. The molecular weight excluding hydrogens is 202 g/mol. The van der Waals surface area contributed by atoms with Crippen molar-refractivity contribution < 1.29 is 9.47 Å². The van der Waals surface area contributed by atoms with Crippen molar-refractivity contribution in [2.24, 2.45) is 23.0 Å². The third-order valence-electron chi connectivity index (χ3n) is 4.32. The third-order valence-corrected chi connectivity index (χ3v) is 4.32. The summed E-state index contributed by atoms with van der Waals surface area (Å²) >= 11 is 0. The molecule has 3 nitrogen and oxygen atoms in total. The molecule has 94 valence electrons. The molecule has 0 aromatic heterocycles. The van der Waals surface area contributed by atoms with E-state index in [2.05, 4.69) is 0 Å². The van der Waals surface area contributed by atoms with Crippen molar-refractivity contribution in [1.82, 2.24) is 0 Å². The van der Waals surface area contributed by atoms with E-state index < -0.39 is 0 Å². The van der Waals surface area contributed by atoms with Crippen molar-refractivity contribution in [1.29, 1.82) is 0 Å². The standard InChI is InChI=1S/C13H25NO2/c1-15-5-6-16-4-2-3-13(10-14)8-11-7-12(11)9-13/h11-12H,2-10,14H2,1H3. The van der Waals surface area contributed by atoms with E-state index >= 15 is 0 Å². The Morgan fingerprint density at radius 3 is 2.56 bits per heavy atom. The average Bonchev–Trinajstić information content (AvgIpc) is 2.92. The van der Waals surface area contributed by atoms with Crippen molar-refractivity contribution in [2.45, 2.75) is 32.1 Å². The second kappa shape index (κ2) is 5.48. The number of rotatable bonds is 8. The molecule has 0 saturated heterocycles. The van der Waals surface area contributed by atoms with E-state index in [0.717, 1.165) is 38.0 Å². The first kappa shape index (κ1) is 12.3. The minimum Gasteiger partial charge on any atom is -0.382 e. The van der Waals surface area contributed by atoms with Gasteiger partial charge in [0.25, 0.3) is 0 Å². The largest absolute Gasteiger partial charge is 0.382 e. The van der Waals surface area contributed by atoms with Gasteiger partial charge in [-0.1, -0.05) is 0 Å². The van der Waals surface area contributed by atoms with E-state index in [1.807, 2.05) is 0 Å². The van der Waals surface area contributed by atoms with E-state index in [1.165, 1.54) is 25.7 Å². The van der Waals surface area contributed by atoms with Gasteiger partial charge in [-0.05, 0) is 55.9 Å². The lowest BCUT2D eigenvalue weighted by Gasteiger charge is -2.29. The number of nitrogens with two attached hydrogens (primary N) is 1. The lowest BCUT2D eigenvalue weighted by Crippen LogP contribution is -2.29. The van der Waals surface area contributed by atoms with E-state index in [0.29, 0.717) is 12.0 Å². The van der Waals surface area contributed by atoms with Crippen LogP contribution in [0.4, 0.5) is 0 Å². The fraction of sp³-hybridized carbons (Fsp3) is 1.00. The molecule has 2 aliphatic carbocycles. The zero-order valence-electron chi connectivity index (χ0n) is 10.4. The summed E-state index contributed by atoms with van der Waals surface area (Å²) in [5.74, 6) is 2.05. The normalized spacial score (nSPS) is 36.4. The van der Waals surface area contributed by atoms with Crippen LogP contribution in [0.2, 0.25) is 0 Å². The summed E-state index contributed by atoms with van der Waals surface area (Å²) in [7, 11) is 1.71. The minimum absolute atomic E-state index is 0.470. The van der Waals surface area contributed by atoms with Crippen LogP contribution in [0.25, 0.3) is 0 Å². The molecule has 3 heteroatoms. The SMILES string of the molecule is COCCOCCCC1(CN)CC2CC2C1. The van der Waals surface area contributed by atoms with Gasteiger partial charge in [0.15, 0.2) is 0 Å². The predicted octanol–water partition coefficient (Wildman–Crippen LogP) is 1.80. The van der Waals surface area contributed by atoms with E-state index in [4.69, 9.17) is 15.2 Å². The molecule has 2 atom stereocenters. The van der Waals surface area contributed by atoms with Crippen molar-refractivity contribution >= 4 is 0 Å². The van der Waals surface area contributed by atoms with Crippen molar-refractivity contribution in [3.63, 3.8) is 0 Å². The van der Waals surface area contributed by atoms with Crippen LogP contribution in [0, 0.1) is 17.3 Å². The topological polar surface area (TPSA) is 44.5 Å². The molecule has 0 heterocycles. The Labute approximate surface area is 98.7 Å². The van der Waals surface area contributed by atoms with E-state index in [-0.39, 0.29) is 0 Å². The van der Waals surface area contributed by atoms with Gasteiger partial charge in [-0.2, -0.15) is 0 Å². The Morgan fingerprint density at radius 2 is 1.94 bits per heavy atom. The molecule has 0 radical (unpaired) electrons. The van der Waals surface area contributed by atoms with Crippen LogP contribution in [-0.2, 0) is 9.47 Å². The smallest absolute Gasteiger partial charge is 0.0700 e. The Balaban J connectivity index is 1.57. The Kier molecular flexibility index (Phi) is 4.22. The molecule has 2 aliphatic rings. The highest BCUT2D eigenvalue weighted by molar-refractivity contribution is 5.03. The van der Waals surface area contributed by atoms with Crippen molar-refractivity contribution in [2.75, 3.05) is 33.5 Å². The molecule has 0 aliphatic heterocycles. The molecule has 0 bridgehead atoms. The molecule has 2 N–H and O–H groups in total. The summed E-state index contributed by atoms with van der Waals surface area (Å²) < 4.78 is 10.4. The molecule has 0 amide bonds. The van der Waals surface area contributed by atoms with Gasteiger partial charge in [0.05, 0.1) is 13.2 Å². The fourth-order valence-electron chi connectivity index (χ4n) is 3.27. The number of methoxy groups -OCH3 is 1. The summed E-state index contributed by atoms with van der Waals surface area (Å²) in [6.07, 6.45) is 6.65. The number of hydrogen-bond acceptors (Lipinski definition) is 3. The summed E-state index contributed by atoms with van der Waals surface area (Å²) in [6, 6.07) is 0. The summed E-state index contributed by atoms with van der Waals surface area (Å²) in [6.45, 7) is 3.15. The molecule has 0 aromatic carbocycles. The van der Waals surface area contributed by atoms with Gasteiger partial charge in [-0.25, -0.2) is 0 Å². The molecule has 2 rings (SSSR count). The highest BCUT2D eigenvalue weighted by Crippen LogP contribution is 2.60. The number of hydrogen-bond donors (Lipinski definition) is 1. The van der Waals surface area contributed by atoms with Crippen LogP contribution in [0.3, 0.4) is 0 Å². The molecule has 2 saturated carbocycles. The zero-order valence-corrected chi connectivity index (χ0v) is 10.4. The van der Waals surface area contributed by atoms with Crippen LogP contribution in [0.15, 0.2) is 0 Å². The van der Waals surface area contributed by atoms with Crippen LogP contribution in [0.1, 0.15) is 32.1 Å². The van der Waals surface area contributed by atoms with Crippen LogP contribution in [-0.4, -0.2) is 33.5 Å². The van der Waals surface area contributed by atoms with Gasteiger partial charge in [0.2, 0.25) is 0 Å².